The number of hydrogen-bond donors (Lipinski definition) is 2. The van der Waals surface area contributed by atoms with Crippen LogP contribution in [0.25, 0.3) is 0 Å². The molecule has 2 fully saturated rings. The van der Waals surface area contributed by atoms with E-state index in [4.69, 9.17) is 9.47 Å². The Bertz CT molecular complexity index is 361. The van der Waals surface area contributed by atoms with Gasteiger partial charge in [-0.15, -0.1) is 0 Å². The Hall–Kier alpha value is -1.23. The van der Waals surface area contributed by atoms with Crippen LogP contribution in [0.5, 0.6) is 0 Å². The van der Waals surface area contributed by atoms with E-state index in [1.165, 1.54) is 38.5 Å². The van der Waals surface area contributed by atoms with Crippen molar-refractivity contribution >= 4 is 6.03 Å². The molecule has 2 amide bonds. The number of urea groups is 1. The molecule has 2 N–H and O–H groups in total. The number of carbonyl (C=O) groups is 1. The van der Waals surface area contributed by atoms with Crippen LogP contribution in [0, 0.1) is 0 Å². The van der Waals surface area contributed by atoms with Gasteiger partial charge in [0.05, 0.1) is 25.4 Å². The maximum Gasteiger partial charge on any atom is 0.315 e. The summed E-state index contributed by atoms with van der Waals surface area (Å²) in [5.74, 6) is 0.644. The topological polar surface area (TPSA) is 59.6 Å². The van der Waals surface area contributed by atoms with E-state index in [0.717, 1.165) is 25.7 Å². The molecule has 0 heterocycles. The first-order valence-electron chi connectivity index (χ1n) is 9.22. The quantitative estimate of drug-likeness (QED) is 0.531. The number of rotatable bonds is 8. The van der Waals surface area contributed by atoms with Gasteiger partial charge in [-0.25, -0.2) is 4.79 Å². The summed E-state index contributed by atoms with van der Waals surface area (Å²) in [5.41, 5.74) is 0. The molecule has 0 bridgehead atoms. The molecule has 0 aromatic rings. The SMILES string of the molecule is C=C(CNC(=O)NCCOC1CCCCC1)OC1CCCCC1. The molecule has 23 heavy (non-hydrogen) atoms. The largest absolute Gasteiger partial charge is 0.494 e. The molecule has 0 atom stereocenters. The van der Waals surface area contributed by atoms with Crippen molar-refractivity contribution in [3.05, 3.63) is 12.3 Å². The van der Waals surface area contributed by atoms with Crippen LogP contribution < -0.4 is 10.6 Å². The van der Waals surface area contributed by atoms with Gasteiger partial charge in [0.2, 0.25) is 0 Å². The molecule has 2 aliphatic carbocycles. The molecule has 2 saturated carbocycles. The van der Waals surface area contributed by atoms with Crippen molar-refractivity contribution in [2.24, 2.45) is 0 Å². The highest BCUT2D eigenvalue weighted by Gasteiger charge is 2.15. The van der Waals surface area contributed by atoms with Gasteiger partial charge in [0.1, 0.15) is 5.76 Å². The van der Waals surface area contributed by atoms with Crippen LogP contribution in [0.3, 0.4) is 0 Å². The lowest BCUT2D eigenvalue weighted by Gasteiger charge is -2.24. The molecule has 132 valence electrons. The molecule has 2 aliphatic rings. The summed E-state index contributed by atoms with van der Waals surface area (Å²) in [6.07, 6.45) is 12.8. The summed E-state index contributed by atoms with van der Waals surface area (Å²) in [7, 11) is 0. The molecule has 2 rings (SSSR count). The fourth-order valence-electron chi connectivity index (χ4n) is 3.32. The van der Waals surface area contributed by atoms with E-state index >= 15 is 0 Å². The van der Waals surface area contributed by atoms with Crippen LogP contribution in [0.4, 0.5) is 4.79 Å². The van der Waals surface area contributed by atoms with Crippen molar-refractivity contribution in [1.29, 1.82) is 0 Å². The summed E-state index contributed by atoms with van der Waals surface area (Å²) in [4.78, 5) is 11.7. The fourth-order valence-corrected chi connectivity index (χ4v) is 3.32. The van der Waals surface area contributed by atoms with Crippen LogP contribution >= 0.6 is 0 Å². The second-order valence-electron chi connectivity index (χ2n) is 6.66. The summed E-state index contributed by atoms with van der Waals surface area (Å²) >= 11 is 0. The smallest absolute Gasteiger partial charge is 0.315 e. The average molecular weight is 324 g/mol. The zero-order valence-corrected chi connectivity index (χ0v) is 14.3. The molecule has 5 heteroatoms. The monoisotopic (exact) mass is 324 g/mol. The zero-order valence-electron chi connectivity index (χ0n) is 14.3. The van der Waals surface area contributed by atoms with Crippen LogP contribution in [0.1, 0.15) is 64.2 Å². The Kier molecular flexibility index (Phi) is 8.29. The Labute approximate surface area is 140 Å². The average Bonchev–Trinajstić information content (AvgIpc) is 2.59. The molecule has 5 nitrogen and oxygen atoms in total. The van der Waals surface area contributed by atoms with Gasteiger partial charge in [0, 0.05) is 6.54 Å². The molecule has 0 aromatic heterocycles. The fraction of sp³-hybridized carbons (Fsp3) is 0.833. The van der Waals surface area contributed by atoms with Crippen LogP contribution in [0.15, 0.2) is 12.3 Å². The van der Waals surface area contributed by atoms with Gasteiger partial charge in [-0.1, -0.05) is 32.3 Å². The number of hydrogen-bond acceptors (Lipinski definition) is 3. The molecule has 0 radical (unpaired) electrons. The molecule has 0 saturated heterocycles. The van der Waals surface area contributed by atoms with Crippen molar-refractivity contribution < 1.29 is 14.3 Å². The van der Waals surface area contributed by atoms with Gasteiger partial charge in [-0.05, 0) is 38.5 Å². The molecular formula is C18H32N2O3. The Balaban J connectivity index is 1.46. The van der Waals surface area contributed by atoms with Gasteiger partial charge in [-0.2, -0.15) is 0 Å². The van der Waals surface area contributed by atoms with Crippen LogP contribution in [-0.2, 0) is 9.47 Å². The second kappa shape index (κ2) is 10.5. The Morgan fingerprint density at radius 2 is 1.52 bits per heavy atom. The predicted molar refractivity (Wildman–Crippen MR) is 91.3 cm³/mol. The van der Waals surface area contributed by atoms with Crippen molar-refractivity contribution in [1.82, 2.24) is 10.6 Å². The maximum absolute atomic E-state index is 11.7. The first kappa shape index (κ1) is 18.1. The van der Waals surface area contributed by atoms with E-state index in [9.17, 15) is 4.79 Å². The third-order valence-electron chi connectivity index (χ3n) is 4.63. The summed E-state index contributed by atoms with van der Waals surface area (Å²) < 4.78 is 11.6. The zero-order chi connectivity index (χ0) is 16.3. The number of ether oxygens (including phenoxy) is 2. The van der Waals surface area contributed by atoms with Gasteiger partial charge < -0.3 is 20.1 Å². The predicted octanol–water partition coefficient (Wildman–Crippen LogP) is 3.50. The minimum atomic E-state index is -0.189. The molecule has 0 aromatic carbocycles. The van der Waals surface area contributed by atoms with Crippen LogP contribution in [-0.4, -0.2) is 37.9 Å². The van der Waals surface area contributed by atoms with Crippen molar-refractivity contribution in [2.75, 3.05) is 19.7 Å². The highest BCUT2D eigenvalue weighted by atomic mass is 16.5. The number of nitrogens with one attached hydrogen (secondary N) is 2. The normalized spacial score (nSPS) is 20.0. The highest BCUT2D eigenvalue weighted by Crippen LogP contribution is 2.22. The van der Waals surface area contributed by atoms with Gasteiger partial charge >= 0.3 is 6.03 Å². The Morgan fingerprint density at radius 3 is 2.17 bits per heavy atom. The second-order valence-corrected chi connectivity index (χ2v) is 6.66. The number of carbonyl (C=O) groups excluding carboxylic acids is 1. The third-order valence-corrected chi connectivity index (χ3v) is 4.63. The minimum Gasteiger partial charge on any atom is -0.494 e. The van der Waals surface area contributed by atoms with E-state index in [1.807, 2.05) is 0 Å². The first-order valence-corrected chi connectivity index (χ1v) is 9.22. The van der Waals surface area contributed by atoms with Crippen molar-refractivity contribution in [2.45, 2.75) is 76.4 Å². The number of amides is 2. The molecule has 0 spiro atoms. The lowest BCUT2D eigenvalue weighted by molar-refractivity contribution is 0.0311. The van der Waals surface area contributed by atoms with Gasteiger partial charge in [0.15, 0.2) is 0 Å². The van der Waals surface area contributed by atoms with E-state index in [1.54, 1.807) is 0 Å². The standard InChI is InChI=1S/C18H32N2O3/c1-15(23-17-10-6-3-7-11-17)14-20-18(21)19-12-13-22-16-8-4-2-5-9-16/h16-17H,1-14H2,(H2,19,20,21). The van der Waals surface area contributed by atoms with Crippen molar-refractivity contribution in [3.8, 4) is 0 Å². The maximum atomic E-state index is 11.7. The Morgan fingerprint density at radius 1 is 0.913 bits per heavy atom. The molecular weight excluding hydrogens is 292 g/mol. The van der Waals surface area contributed by atoms with Gasteiger partial charge in [-0.3, -0.25) is 0 Å². The van der Waals surface area contributed by atoms with E-state index in [2.05, 4.69) is 17.2 Å². The third kappa shape index (κ3) is 7.73. The first-order chi connectivity index (χ1) is 11.2. The van der Waals surface area contributed by atoms with Crippen molar-refractivity contribution in [3.63, 3.8) is 0 Å². The van der Waals surface area contributed by atoms with E-state index in [-0.39, 0.29) is 12.1 Å². The lowest BCUT2D eigenvalue weighted by Crippen LogP contribution is -2.39. The molecule has 0 aliphatic heterocycles. The molecule has 0 unspecified atom stereocenters. The van der Waals surface area contributed by atoms with Crippen LogP contribution in [0.2, 0.25) is 0 Å². The highest BCUT2D eigenvalue weighted by molar-refractivity contribution is 5.73. The lowest BCUT2D eigenvalue weighted by atomic mass is 9.98. The van der Waals surface area contributed by atoms with E-state index < -0.39 is 0 Å². The minimum absolute atomic E-state index is 0.189. The van der Waals surface area contributed by atoms with Gasteiger partial charge in [0.25, 0.3) is 0 Å². The summed E-state index contributed by atoms with van der Waals surface area (Å²) in [6.45, 7) is 5.38. The van der Waals surface area contributed by atoms with E-state index in [0.29, 0.717) is 31.6 Å². The summed E-state index contributed by atoms with van der Waals surface area (Å²) in [6, 6.07) is -0.189. The summed E-state index contributed by atoms with van der Waals surface area (Å²) in [5, 5.41) is 5.59.